The Bertz CT molecular complexity index is 521. The molecule has 1 saturated heterocycles. The van der Waals surface area contributed by atoms with Crippen LogP contribution in [0.5, 0.6) is 0 Å². The molecule has 7 heteroatoms. The maximum atomic E-state index is 12.2. The zero-order valence-electron chi connectivity index (χ0n) is 12.1. The first-order valence-electron chi connectivity index (χ1n) is 7.15. The maximum Gasteiger partial charge on any atom is 0.212 e. The normalized spacial score (nSPS) is 21.8. The summed E-state index contributed by atoms with van der Waals surface area (Å²) in [4.78, 5) is 5.48. The second kappa shape index (κ2) is 6.98. The van der Waals surface area contributed by atoms with Crippen LogP contribution >= 0.6 is 11.3 Å². The van der Waals surface area contributed by atoms with Crippen LogP contribution in [0.1, 0.15) is 42.6 Å². The molecule has 1 aromatic rings. The minimum atomic E-state index is -3.25. The van der Waals surface area contributed by atoms with Crippen molar-refractivity contribution in [3.63, 3.8) is 0 Å². The van der Waals surface area contributed by atoms with Crippen LogP contribution in [0.25, 0.3) is 0 Å². The summed E-state index contributed by atoms with van der Waals surface area (Å²) in [7, 11) is -3.25. The molecule has 0 radical (unpaired) electrons. The average Bonchev–Trinajstić information content (AvgIpc) is 2.87. The summed E-state index contributed by atoms with van der Waals surface area (Å²) in [6.07, 6.45) is 4.81. The number of piperidine rings is 1. The number of nitrogens with zero attached hydrogens (tertiary/aromatic N) is 1. The van der Waals surface area contributed by atoms with Crippen LogP contribution in [-0.2, 0) is 16.4 Å². The standard InChI is InChI=1S/C13H23N3O2S2/c1-3-12-8-15-13(19-12)10(2)16-20(17,18)9-11-5-4-6-14-7-11/h8,10-11,14,16H,3-7,9H2,1-2H3. The van der Waals surface area contributed by atoms with Crippen molar-refractivity contribution >= 4 is 21.4 Å². The number of rotatable bonds is 6. The molecular formula is C13H23N3O2S2. The fourth-order valence-electron chi connectivity index (χ4n) is 2.43. The lowest BCUT2D eigenvalue weighted by atomic mass is 10.0. The predicted molar refractivity (Wildman–Crippen MR) is 82.4 cm³/mol. The van der Waals surface area contributed by atoms with Gasteiger partial charge in [-0.2, -0.15) is 0 Å². The van der Waals surface area contributed by atoms with Gasteiger partial charge in [0.05, 0.1) is 11.8 Å². The fraction of sp³-hybridized carbons (Fsp3) is 0.769. The highest BCUT2D eigenvalue weighted by atomic mass is 32.2. The van der Waals surface area contributed by atoms with Crippen LogP contribution in [0.15, 0.2) is 6.20 Å². The van der Waals surface area contributed by atoms with Gasteiger partial charge in [0.25, 0.3) is 0 Å². The van der Waals surface area contributed by atoms with E-state index in [9.17, 15) is 8.42 Å². The molecule has 114 valence electrons. The summed E-state index contributed by atoms with van der Waals surface area (Å²) < 4.78 is 27.1. The number of sulfonamides is 1. The molecule has 1 aliphatic heterocycles. The van der Waals surface area contributed by atoms with E-state index in [0.717, 1.165) is 37.4 Å². The largest absolute Gasteiger partial charge is 0.316 e. The van der Waals surface area contributed by atoms with Crippen molar-refractivity contribution in [1.29, 1.82) is 0 Å². The third-order valence-electron chi connectivity index (χ3n) is 3.50. The molecular weight excluding hydrogens is 294 g/mol. The molecule has 0 bridgehead atoms. The molecule has 2 heterocycles. The molecule has 0 aliphatic carbocycles. The van der Waals surface area contributed by atoms with E-state index in [4.69, 9.17) is 0 Å². The summed E-state index contributed by atoms with van der Waals surface area (Å²) in [6.45, 7) is 5.73. The lowest BCUT2D eigenvalue weighted by Crippen LogP contribution is -2.38. The average molecular weight is 317 g/mol. The van der Waals surface area contributed by atoms with Gasteiger partial charge in [-0.05, 0) is 45.2 Å². The molecule has 0 saturated carbocycles. The first-order valence-corrected chi connectivity index (χ1v) is 9.62. The highest BCUT2D eigenvalue weighted by Crippen LogP contribution is 2.21. The van der Waals surface area contributed by atoms with Crippen LogP contribution in [0, 0.1) is 5.92 Å². The van der Waals surface area contributed by atoms with Crippen molar-refractivity contribution in [3.8, 4) is 0 Å². The van der Waals surface area contributed by atoms with Gasteiger partial charge in [-0.25, -0.2) is 18.1 Å². The third-order valence-corrected chi connectivity index (χ3v) is 6.45. The molecule has 2 unspecified atom stereocenters. The van der Waals surface area contributed by atoms with E-state index in [1.807, 2.05) is 13.1 Å². The predicted octanol–water partition coefficient (Wildman–Crippen LogP) is 1.69. The van der Waals surface area contributed by atoms with Crippen LogP contribution in [0.4, 0.5) is 0 Å². The summed E-state index contributed by atoms with van der Waals surface area (Å²) >= 11 is 1.58. The number of nitrogens with one attached hydrogen (secondary N) is 2. The second-order valence-electron chi connectivity index (χ2n) is 5.35. The summed E-state index contributed by atoms with van der Waals surface area (Å²) in [5.74, 6) is 0.423. The lowest BCUT2D eigenvalue weighted by molar-refractivity contribution is 0.402. The maximum absolute atomic E-state index is 12.2. The van der Waals surface area contributed by atoms with E-state index in [1.165, 1.54) is 4.88 Å². The number of thiazole rings is 1. The zero-order chi connectivity index (χ0) is 14.6. The molecule has 0 spiro atoms. The Morgan fingerprint density at radius 1 is 1.60 bits per heavy atom. The van der Waals surface area contributed by atoms with Crippen LogP contribution in [0.2, 0.25) is 0 Å². The molecule has 2 atom stereocenters. The van der Waals surface area contributed by atoms with E-state index in [-0.39, 0.29) is 17.7 Å². The first-order chi connectivity index (χ1) is 9.50. The Balaban J connectivity index is 1.92. The summed E-state index contributed by atoms with van der Waals surface area (Å²) in [5, 5.41) is 4.09. The Hall–Kier alpha value is -0.500. The van der Waals surface area contributed by atoms with Crippen LogP contribution in [-0.4, -0.2) is 32.2 Å². The first kappa shape index (κ1) is 15.9. The Kier molecular flexibility index (Phi) is 5.54. The van der Waals surface area contributed by atoms with Crippen LogP contribution < -0.4 is 10.0 Å². The Morgan fingerprint density at radius 3 is 3.00 bits per heavy atom. The fourth-order valence-corrected chi connectivity index (χ4v) is 5.02. The van der Waals surface area contributed by atoms with Gasteiger partial charge in [0.1, 0.15) is 5.01 Å². The topological polar surface area (TPSA) is 71.1 Å². The smallest absolute Gasteiger partial charge is 0.212 e. The van der Waals surface area contributed by atoms with Crippen molar-refractivity contribution in [2.24, 2.45) is 5.92 Å². The van der Waals surface area contributed by atoms with Crippen molar-refractivity contribution < 1.29 is 8.42 Å². The van der Waals surface area contributed by atoms with Crippen LogP contribution in [0.3, 0.4) is 0 Å². The van der Waals surface area contributed by atoms with E-state index in [0.29, 0.717) is 0 Å². The Labute approximate surface area is 125 Å². The number of aryl methyl sites for hydroxylation is 1. The summed E-state index contributed by atoms with van der Waals surface area (Å²) in [6, 6.07) is -0.248. The lowest BCUT2D eigenvalue weighted by Gasteiger charge is -2.23. The van der Waals surface area contributed by atoms with Gasteiger partial charge in [-0.1, -0.05) is 6.92 Å². The van der Waals surface area contributed by atoms with E-state index in [1.54, 1.807) is 11.3 Å². The van der Waals surface area contributed by atoms with Gasteiger partial charge in [-0.15, -0.1) is 11.3 Å². The van der Waals surface area contributed by atoms with Crippen molar-refractivity contribution in [2.75, 3.05) is 18.8 Å². The minimum Gasteiger partial charge on any atom is -0.316 e. The summed E-state index contributed by atoms with van der Waals surface area (Å²) in [5.41, 5.74) is 0. The molecule has 1 fully saturated rings. The quantitative estimate of drug-likeness (QED) is 0.837. The van der Waals surface area contributed by atoms with Gasteiger partial charge in [0.2, 0.25) is 10.0 Å². The number of aromatic nitrogens is 1. The van der Waals surface area contributed by atoms with Gasteiger partial charge < -0.3 is 5.32 Å². The number of hydrogen-bond donors (Lipinski definition) is 2. The monoisotopic (exact) mass is 317 g/mol. The minimum absolute atomic E-state index is 0.205. The van der Waals surface area contributed by atoms with Crippen molar-refractivity contribution in [1.82, 2.24) is 15.0 Å². The second-order valence-corrected chi connectivity index (χ2v) is 8.30. The molecule has 1 aromatic heterocycles. The van der Waals surface area contributed by atoms with E-state index >= 15 is 0 Å². The van der Waals surface area contributed by atoms with Crippen molar-refractivity contribution in [2.45, 2.75) is 39.2 Å². The van der Waals surface area contributed by atoms with E-state index < -0.39 is 10.0 Å². The highest BCUT2D eigenvalue weighted by Gasteiger charge is 2.23. The number of hydrogen-bond acceptors (Lipinski definition) is 5. The molecule has 2 rings (SSSR count). The van der Waals surface area contributed by atoms with Gasteiger partial charge >= 0.3 is 0 Å². The van der Waals surface area contributed by atoms with Gasteiger partial charge in [-0.3, -0.25) is 0 Å². The van der Waals surface area contributed by atoms with Gasteiger partial charge in [0, 0.05) is 11.1 Å². The third kappa shape index (κ3) is 4.51. The van der Waals surface area contributed by atoms with E-state index in [2.05, 4.69) is 21.9 Å². The molecule has 1 aliphatic rings. The molecule has 0 aromatic carbocycles. The van der Waals surface area contributed by atoms with Crippen molar-refractivity contribution in [3.05, 3.63) is 16.1 Å². The molecule has 20 heavy (non-hydrogen) atoms. The SMILES string of the molecule is CCc1cnc(C(C)NS(=O)(=O)CC2CCCNC2)s1. The zero-order valence-corrected chi connectivity index (χ0v) is 13.7. The molecule has 5 nitrogen and oxygen atoms in total. The highest BCUT2D eigenvalue weighted by molar-refractivity contribution is 7.89. The molecule has 2 N–H and O–H groups in total. The van der Waals surface area contributed by atoms with Gasteiger partial charge in [0.15, 0.2) is 0 Å². The molecule has 0 amide bonds. The Morgan fingerprint density at radius 2 is 2.40 bits per heavy atom.